The topological polar surface area (TPSA) is 89.0 Å². The lowest BCUT2D eigenvalue weighted by molar-refractivity contribution is -0.139. The molecule has 0 unspecified atom stereocenters. The zero-order valence-corrected chi connectivity index (χ0v) is 9.61. The van der Waals surface area contributed by atoms with E-state index < -0.39 is 18.1 Å². The third kappa shape index (κ3) is 2.99. The van der Waals surface area contributed by atoms with Crippen LogP contribution in [0.3, 0.4) is 0 Å². The normalized spacial score (nSPS) is 10.2. The number of carbonyl (C=O) groups is 1. The van der Waals surface area contributed by atoms with Crippen LogP contribution in [0.1, 0.15) is 28.9 Å². The Morgan fingerprint density at radius 1 is 1.61 bits per heavy atom. The van der Waals surface area contributed by atoms with Gasteiger partial charge in [0.05, 0.1) is 13.5 Å². The van der Waals surface area contributed by atoms with Crippen LogP contribution in [0, 0.1) is 11.3 Å². The number of nitrogens with zero attached hydrogens (tertiary/aromatic N) is 2. The fraction of sp³-hybridized carbons (Fsp3) is 0.364. The van der Waals surface area contributed by atoms with Gasteiger partial charge in [-0.2, -0.15) is 5.26 Å². The van der Waals surface area contributed by atoms with Gasteiger partial charge in [0.15, 0.2) is 0 Å². The van der Waals surface area contributed by atoms with Crippen LogP contribution in [0.2, 0.25) is 0 Å². The van der Waals surface area contributed by atoms with Crippen molar-refractivity contribution >= 4 is 5.97 Å². The van der Waals surface area contributed by atoms with Gasteiger partial charge in [0.25, 0.3) is 6.43 Å². The second-order valence-electron chi connectivity index (χ2n) is 3.41. The minimum atomic E-state index is -2.87. The molecule has 96 valence electrons. The van der Waals surface area contributed by atoms with Crippen molar-refractivity contribution in [1.82, 2.24) is 4.98 Å². The monoisotopic (exact) mass is 255 g/mol. The Labute approximate surface area is 102 Å². The number of methoxy groups -OCH3 is 1. The number of alkyl halides is 2. The van der Waals surface area contributed by atoms with Crippen LogP contribution in [-0.2, 0) is 22.5 Å². The van der Waals surface area contributed by atoms with Crippen molar-refractivity contribution in [3.8, 4) is 6.07 Å². The predicted octanol–water partition coefficient (Wildman–Crippen LogP) is 1.07. The number of hydrogen-bond acceptors (Lipinski definition) is 5. The molecule has 7 heteroatoms. The highest BCUT2D eigenvalue weighted by Crippen LogP contribution is 2.24. The fourth-order valence-electron chi connectivity index (χ4n) is 1.43. The van der Waals surface area contributed by atoms with Crippen LogP contribution in [0.25, 0.3) is 0 Å². The summed E-state index contributed by atoms with van der Waals surface area (Å²) in [5.74, 6) is -0.661. The summed E-state index contributed by atoms with van der Waals surface area (Å²) < 4.78 is 30.0. The van der Waals surface area contributed by atoms with Crippen LogP contribution in [0.5, 0.6) is 0 Å². The molecule has 1 aromatic heterocycles. The zero-order valence-electron chi connectivity index (χ0n) is 9.61. The van der Waals surface area contributed by atoms with E-state index in [0.29, 0.717) is 5.56 Å². The van der Waals surface area contributed by atoms with Gasteiger partial charge in [-0.15, -0.1) is 0 Å². The van der Waals surface area contributed by atoms with Gasteiger partial charge in [-0.1, -0.05) is 0 Å². The van der Waals surface area contributed by atoms with Crippen LogP contribution < -0.4 is 5.73 Å². The third-order valence-electron chi connectivity index (χ3n) is 2.31. The maximum Gasteiger partial charge on any atom is 0.310 e. The Kier molecular flexibility index (Phi) is 4.68. The second kappa shape index (κ2) is 6.02. The lowest BCUT2D eigenvalue weighted by Crippen LogP contribution is -2.12. The maximum absolute atomic E-state index is 12.8. The number of esters is 1. The van der Waals surface area contributed by atoms with E-state index >= 15 is 0 Å². The minimum Gasteiger partial charge on any atom is -0.469 e. The van der Waals surface area contributed by atoms with Gasteiger partial charge in [-0.05, 0) is 11.6 Å². The van der Waals surface area contributed by atoms with Gasteiger partial charge in [0, 0.05) is 12.1 Å². The molecule has 1 aromatic rings. The third-order valence-corrected chi connectivity index (χ3v) is 2.31. The predicted molar refractivity (Wildman–Crippen MR) is 57.5 cm³/mol. The molecule has 2 N–H and O–H groups in total. The second-order valence-corrected chi connectivity index (χ2v) is 3.41. The molecule has 0 spiro atoms. The molecule has 5 nitrogen and oxygen atoms in total. The van der Waals surface area contributed by atoms with Gasteiger partial charge in [0.2, 0.25) is 0 Å². The average Bonchev–Trinajstić information content (AvgIpc) is 2.37. The summed E-state index contributed by atoms with van der Waals surface area (Å²) in [4.78, 5) is 14.7. The van der Waals surface area contributed by atoms with Crippen molar-refractivity contribution in [1.29, 1.82) is 5.26 Å². The summed E-state index contributed by atoms with van der Waals surface area (Å²) in [5.41, 5.74) is 4.99. The van der Waals surface area contributed by atoms with Gasteiger partial charge in [-0.3, -0.25) is 4.79 Å². The van der Waals surface area contributed by atoms with Crippen molar-refractivity contribution in [2.24, 2.45) is 5.73 Å². The van der Waals surface area contributed by atoms with Crippen molar-refractivity contribution < 1.29 is 18.3 Å². The number of carbonyl (C=O) groups excluding carboxylic acids is 1. The largest absolute Gasteiger partial charge is 0.469 e. The molecule has 0 aliphatic carbocycles. The first-order chi connectivity index (χ1) is 8.53. The smallest absolute Gasteiger partial charge is 0.310 e. The number of nitriles is 1. The number of nitrogens with two attached hydrogens (primary N) is 1. The fourth-order valence-corrected chi connectivity index (χ4v) is 1.43. The molecule has 0 bridgehead atoms. The molecule has 1 rings (SSSR count). The highest BCUT2D eigenvalue weighted by molar-refractivity contribution is 5.73. The summed E-state index contributed by atoms with van der Waals surface area (Å²) in [6.45, 7) is -0.0203. The van der Waals surface area contributed by atoms with Crippen molar-refractivity contribution in [2.75, 3.05) is 7.11 Å². The Balaban J connectivity index is 3.30. The van der Waals surface area contributed by atoms with Crippen LogP contribution in [0.15, 0.2) is 6.07 Å². The Bertz CT molecular complexity index is 498. The van der Waals surface area contributed by atoms with E-state index in [9.17, 15) is 13.6 Å². The molecule has 0 atom stereocenters. The molecule has 18 heavy (non-hydrogen) atoms. The summed E-state index contributed by atoms with van der Waals surface area (Å²) >= 11 is 0. The summed E-state index contributed by atoms with van der Waals surface area (Å²) in [5, 5.41) is 8.77. The van der Waals surface area contributed by atoms with Gasteiger partial charge < -0.3 is 10.5 Å². The zero-order chi connectivity index (χ0) is 13.7. The van der Waals surface area contributed by atoms with Gasteiger partial charge >= 0.3 is 5.97 Å². The van der Waals surface area contributed by atoms with Crippen LogP contribution in [-0.4, -0.2) is 18.1 Å². The van der Waals surface area contributed by atoms with Gasteiger partial charge in [-0.25, -0.2) is 13.8 Å². The minimum absolute atomic E-state index is 0.0203. The molecule has 0 aromatic carbocycles. The number of hydrogen-bond donors (Lipinski definition) is 1. The average molecular weight is 255 g/mol. The maximum atomic E-state index is 12.8. The Morgan fingerprint density at radius 2 is 2.28 bits per heavy atom. The molecular weight excluding hydrogens is 244 g/mol. The highest BCUT2D eigenvalue weighted by atomic mass is 19.3. The van der Waals surface area contributed by atoms with E-state index in [-0.39, 0.29) is 24.2 Å². The molecule has 0 amide bonds. The number of pyridine rings is 1. The summed E-state index contributed by atoms with van der Waals surface area (Å²) in [7, 11) is 1.16. The van der Waals surface area contributed by atoms with Crippen molar-refractivity contribution in [3.63, 3.8) is 0 Å². The number of ether oxygens (including phenoxy) is 1. The van der Waals surface area contributed by atoms with E-state index in [0.717, 1.165) is 7.11 Å². The number of aromatic nitrogens is 1. The first kappa shape index (κ1) is 14.0. The summed E-state index contributed by atoms with van der Waals surface area (Å²) in [6.07, 6.45) is -3.20. The molecule has 0 fully saturated rings. The first-order valence-electron chi connectivity index (χ1n) is 5.01. The highest BCUT2D eigenvalue weighted by Gasteiger charge is 2.20. The quantitative estimate of drug-likeness (QED) is 0.813. The Morgan fingerprint density at radius 3 is 2.72 bits per heavy atom. The van der Waals surface area contributed by atoms with E-state index in [1.165, 1.54) is 6.07 Å². The molecule has 0 radical (unpaired) electrons. The van der Waals surface area contributed by atoms with E-state index in [1.54, 1.807) is 6.07 Å². The summed E-state index contributed by atoms with van der Waals surface area (Å²) in [6, 6.07) is 2.99. The number of rotatable bonds is 4. The standard InChI is InChI=1S/C11H11F2N3O2/c1-18-9(17)3-6-2-7(4-14)8(5-15)16-10(6)11(12)13/h2,11H,3-4,14H2,1H3. The van der Waals surface area contributed by atoms with E-state index in [2.05, 4.69) is 9.72 Å². The first-order valence-corrected chi connectivity index (χ1v) is 5.01. The van der Waals surface area contributed by atoms with Crippen molar-refractivity contribution in [2.45, 2.75) is 19.4 Å². The number of halogens is 2. The van der Waals surface area contributed by atoms with E-state index in [4.69, 9.17) is 11.0 Å². The lowest BCUT2D eigenvalue weighted by Gasteiger charge is -2.10. The molecule has 0 saturated heterocycles. The van der Waals surface area contributed by atoms with Gasteiger partial charge in [0.1, 0.15) is 17.5 Å². The van der Waals surface area contributed by atoms with Crippen molar-refractivity contribution in [3.05, 3.63) is 28.6 Å². The lowest BCUT2D eigenvalue weighted by atomic mass is 10.0. The SMILES string of the molecule is COC(=O)Cc1cc(CN)c(C#N)nc1C(F)F. The molecule has 0 aliphatic heterocycles. The molecule has 0 saturated carbocycles. The van der Waals surface area contributed by atoms with E-state index in [1.807, 2.05) is 0 Å². The molecular formula is C11H11F2N3O2. The molecule has 1 heterocycles. The Hall–Kier alpha value is -2.07. The molecule has 0 aliphatic rings. The van der Waals surface area contributed by atoms with Crippen LogP contribution >= 0.6 is 0 Å². The van der Waals surface area contributed by atoms with Crippen LogP contribution in [0.4, 0.5) is 8.78 Å².